The quantitative estimate of drug-likeness (QED) is 0.606. The third-order valence-electron chi connectivity index (χ3n) is 2.28. The van der Waals surface area contributed by atoms with E-state index in [0.717, 1.165) is 4.31 Å². The van der Waals surface area contributed by atoms with Gasteiger partial charge in [0.05, 0.1) is 13.2 Å². The second kappa shape index (κ2) is 4.47. The number of imide groups is 1. The highest BCUT2D eigenvalue weighted by Gasteiger charge is 2.41. The summed E-state index contributed by atoms with van der Waals surface area (Å²) < 4.78 is 11.5. The van der Waals surface area contributed by atoms with Gasteiger partial charge in [0.15, 0.2) is 0 Å². The Hall–Kier alpha value is -0.790. The van der Waals surface area contributed by atoms with E-state index in [1.807, 2.05) is 4.90 Å². The minimum Gasteiger partial charge on any atom is -0.443 e. The second-order valence-electron chi connectivity index (χ2n) is 4.98. The predicted octanol–water partition coefficient (Wildman–Crippen LogP) is 1.03. The van der Waals surface area contributed by atoms with Crippen LogP contribution < -0.4 is 0 Å². The molecule has 2 heterocycles. The molecule has 0 unspecified atom stereocenters. The molecule has 0 saturated carbocycles. The molecule has 0 aromatic heterocycles. The lowest BCUT2D eigenvalue weighted by molar-refractivity contribution is -0.127. The number of fused-ring (bicyclic) bond motifs is 1. The van der Waals surface area contributed by atoms with Gasteiger partial charge >= 0.3 is 6.09 Å². The number of carbonyl (C=O) groups excluding carboxylic acids is 2. The molecule has 2 aliphatic rings. The van der Waals surface area contributed by atoms with Crippen LogP contribution in [0.5, 0.6) is 0 Å². The van der Waals surface area contributed by atoms with Crippen molar-refractivity contribution in [2.45, 2.75) is 31.7 Å². The van der Waals surface area contributed by atoms with Crippen LogP contribution in [-0.2, 0) is 14.3 Å². The van der Waals surface area contributed by atoms with E-state index in [0.29, 0.717) is 13.3 Å². The number of hydrogen-bond donors (Lipinski definition) is 0. The molecule has 7 heteroatoms. The van der Waals surface area contributed by atoms with Crippen molar-refractivity contribution in [2.24, 2.45) is 0 Å². The molecule has 1 atom stereocenters. The maximum absolute atomic E-state index is 11.8. The lowest BCUT2D eigenvalue weighted by Crippen LogP contribution is -2.49. The van der Waals surface area contributed by atoms with Crippen molar-refractivity contribution in [3.8, 4) is 0 Å². The van der Waals surface area contributed by atoms with E-state index in [-0.39, 0.29) is 17.8 Å². The first-order chi connectivity index (χ1) is 7.87. The summed E-state index contributed by atoms with van der Waals surface area (Å²) in [6.07, 6.45) is -0.598. The molecule has 0 bridgehead atoms. The van der Waals surface area contributed by atoms with Crippen LogP contribution in [0.15, 0.2) is 0 Å². The smallest absolute Gasteiger partial charge is 0.427 e. The summed E-state index contributed by atoms with van der Waals surface area (Å²) in [6.45, 7) is 6.50. The highest BCUT2D eigenvalue weighted by molar-refractivity contribution is 7.98. The molecule has 2 rings (SSSR count). The van der Waals surface area contributed by atoms with Crippen LogP contribution in [0.3, 0.4) is 0 Å². The van der Waals surface area contributed by atoms with Gasteiger partial charge in [-0.3, -0.25) is 9.69 Å². The molecule has 0 spiro atoms. The van der Waals surface area contributed by atoms with Crippen LogP contribution in [-0.4, -0.2) is 52.1 Å². The van der Waals surface area contributed by atoms with Gasteiger partial charge in [-0.2, -0.15) is 4.31 Å². The Morgan fingerprint density at radius 3 is 2.88 bits per heavy atom. The third kappa shape index (κ3) is 2.91. The highest BCUT2D eigenvalue weighted by atomic mass is 32.2. The van der Waals surface area contributed by atoms with Crippen LogP contribution in [0.1, 0.15) is 20.8 Å². The summed E-state index contributed by atoms with van der Waals surface area (Å²) in [7, 11) is 0. The van der Waals surface area contributed by atoms with Crippen LogP contribution in [0.4, 0.5) is 4.79 Å². The van der Waals surface area contributed by atoms with E-state index < -0.39 is 11.7 Å². The summed E-state index contributed by atoms with van der Waals surface area (Å²) in [5.74, 6) is -0.258. The van der Waals surface area contributed by atoms with Crippen molar-refractivity contribution in [1.29, 1.82) is 0 Å². The van der Waals surface area contributed by atoms with Crippen LogP contribution in [0, 0.1) is 0 Å². The maximum Gasteiger partial charge on any atom is 0.427 e. The van der Waals surface area contributed by atoms with Gasteiger partial charge in [-0.15, -0.1) is 0 Å². The van der Waals surface area contributed by atoms with E-state index in [9.17, 15) is 9.59 Å². The molecule has 6 nitrogen and oxygen atoms in total. The minimum atomic E-state index is -0.598. The largest absolute Gasteiger partial charge is 0.443 e. The molecule has 2 aliphatic heterocycles. The average molecular weight is 260 g/mol. The molecule has 0 N–H and O–H groups in total. The molecule has 0 aliphatic carbocycles. The van der Waals surface area contributed by atoms with E-state index >= 15 is 0 Å². The zero-order chi connectivity index (χ0) is 12.6. The minimum absolute atomic E-state index is 0.0280. The summed E-state index contributed by atoms with van der Waals surface area (Å²) in [5.41, 5.74) is -0.596. The Balaban J connectivity index is 2.01. The molecule has 0 aromatic carbocycles. The highest BCUT2D eigenvalue weighted by Crippen LogP contribution is 2.31. The third-order valence-corrected chi connectivity index (χ3v) is 3.52. The van der Waals surface area contributed by atoms with Crippen molar-refractivity contribution in [2.75, 3.05) is 19.9 Å². The number of carbonyl (C=O) groups is 2. The first kappa shape index (κ1) is 12.7. The van der Waals surface area contributed by atoms with Crippen molar-refractivity contribution in [3.63, 3.8) is 0 Å². The lowest BCUT2D eigenvalue weighted by atomic mass is 10.2. The van der Waals surface area contributed by atoms with Crippen LogP contribution in [0.25, 0.3) is 0 Å². The zero-order valence-corrected chi connectivity index (χ0v) is 11.0. The summed E-state index contributed by atoms with van der Waals surface area (Å²) in [4.78, 5) is 25.5. The fourth-order valence-corrected chi connectivity index (χ4v) is 2.54. The molecule has 2 saturated heterocycles. The van der Waals surface area contributed by atoms with E-state index in [2.05, 4.69) is 0 Å². The number of ether oxygens (including phenoxy) is 2. The Morgan fingerprint density at radius 2 is 2.24 bits per heavy atom. The molecule has 2 amide bonds. The average Bonchev–Trinajstić information content (AvgIpc) is 2.60. The predicted molar refractivity (Wildman–Crippen MR) is 62.0 cm³/mol. The van der Waals surface area contributed by atoms with Gasteiger partial charge in [0.1, 0.15) is 17.7 Å². The van der Waals surface area contributed by atoms with Crippen LogP contribution in [0.2, 0.25) is 0 Å². The monoisotopic (exact) mass is 260 g/mol. The maximum atomic E-state index is 11.8. The van der Waals surface area contributed by atoms with Gasteiger partial charge < -0.3 is 9.47 Å². The van der Waals surface area contributed by atoms with Gasteiger partial charge in [0.2, 0.25) is 0 Å². The molecule has 0 aromatic rings. The SMILES string of the molecule is CC(C)(C)OC(=O)N1S[C@@H]2COCN2CC1=O. The summed E-state index contributed by atoms with van der Waals surface area (Å²) >= 11 is 1.17. The van der Waals surface area contributed by atoms with Gasteiger partial charge in [-0.1, -0.05) is 0 Å². The first-order valence-corrected chi connectivity index (χ1v) is 6.25. The molecular formula is C10H16N2O4S. The lowest BCUT2D eigenvalue weighted by Gasteiger charge is -2.33. The Bertz CT molecular complexity index is 342. The van der Waals surface area contributed by atoms with E-state index in [1.165, 1.54) is 11.9 Å². The molecular weight excluding hydrogens is 244 g/mol. The number of nitrogens with zero attached hydrogens (tertiary/aromatic N) is 2. The fraction of sp³-hybridized carbons (Fsp3) is 0.800. The van der Waals surface area contributed by atoms with Gasteiger partial charge in [-0.05, 0) is 32.7 Å². The molecule has 17 heavy (non-hydrogen) atoms. The van der Waals surface area contributed by atoms with Crippen molar-refractivity contribution in [1.82, 2.24) is 9.21 Å². The van der Waals surface area contributed by atoms with Crippen molar-refractivity contribution >= 4 is 23.9 Å². The Morgan fingerprint density at radius 1 is 1.53 bits per heavy atom. The molecule has 96 valence electrons. The van der Waals surface area contributed by atoms with Gasteiger partial charge in [0, 0.05) is 0 Å². The Labute approximate surface area is 104 Å². The van der Waals surface area contributed by atoms with Gasteiger partial charge in [0.25, 0.3) is 5.91 Å². The number of hydrogen-bond acceptors (Lipinski definition) is 6. The van der Waals surface area contributed by atoms with Crippen molar-refractivity contribution in [3.05, 3.63) is 0 Å². The topological polar surface area (TPSA) is 59.1 Å². The molecule has 2 fully saturated rings. The van der Waals surface area contributed by atoms with Crippen LogP contribution >= 0.6 is 11.9 Å². The van der Waals surface area contributed by atoms with Crippen molar-refractivity contribution < 1.29 is 19.1 Å². The number of amides is 2. The molecule has 0 radical (unpaired) electrons. The van der Waals surface area contributed by atoms with E-state index in [4.69, 9.17) is 9.47 Å². The van der Waals surface area contributed by atoms with Gasteiger partial charge in [-0.25, -0.2) is 4.79 Å². The summed E-state index contributed by atoms with van der Waals surface area (Å²) in [6, 6.07) is 0. The van der Waals surface area contributed by atoms with E-state index in [1.54, 1.807) is 20.8 Å². The fourth-order valence-electron chi connectivity index (χ4n) is 1.57. The summed E-state index contributed by atoms with van der Waals surface area (Å²) in [5, 5.41) is 0.0280. The number of rotatable bonds is 0. The normalized spacial score (nSPS) is 25.9. The zero-order valence-electron chi connectivity index (χ0n) is 10.1. The standard InChI is InChI=1S/C10H16N2O4S/c1-10(2,3)16-9(14)12-7(13)4-11-6-15-5-8(11)17-12/h8H,4-6H2,1-3H3/t8-/m1/s1. The first-order valence-electron chi connectivity index (χ1n) is 5.41. The Kier molecular flexibility index (Phi) is 3.33. The second-order valence-corrected chi connectivity index (χ2v) is 6.10.